The van der Waals surface area contributed by atoms with Crippen LogP contribution in [0.4, 0.5) is 4.79 Å². The second kappa shape index (κ2) is 4.43. The highest BCUT2D eigenvalue weighted by atomic mass is 16.2. The van der Waals surface area contributed by atoms with E-state index in [0.717, 1.165) is 13.1 Å². The van der Waals surface area contributed by atoms with Gasteiger partial charge in [-0.3, -0.25) is 0 Å². The number of carbonyl (C=O) groups is 1. The zero-order chi connectivity index (χ0) is 6.41. The number of carbonyl (C=O) groups excluding carboxylic acids is 1. The molecule has 0 aliphatic carbocycles. The molecule has 3 nitrogen and oxygen atoms in total. The Morgan fingerprint density at radius 3 is 1.88 bits per heavy atom. The van der Waals surface area contributed by atoms with E-state index >= 15 is 0 Å². The number of hydrogen-bond donors (Lipinski definition) is 2. The normalized spacial score (nSPS) is 15.5. The Bertz CT molecular complexity index is 69.4. The molecule has 0 aromatic rings. The van der Waals surface area contributed by atoms with E-state index in [4.69, 9.17) is 0 Å². The second-order valence-corrected chi connectivity index (χ2v) is 1.18. The van der Waals surface area contributed by atoms with E-state index in [1.807, 2.05) is 13.8 Å². The zero-order valence-electron chi connectivity index (χ0n) is 5.32. The largest absolute Gasteiger partial charge is 0.336 e. The number of hydrogen-bond acceptors (Lipinski definition) is 1. The van der Waals surface area contributed by atoms with Crippen LogP contribution in [0.5, 0.6) is 0 Å². The van der Waals surface area contributed by atoms with E-state index in [-0.39, 0.29) is 7.46 Å². The first-order valence-electron chi connectivity index (χ1n) is 2.91. The summed E-state index contributed by atoms with van der Waals surface area (Å²) in [6, 6.07) is -0.0463. The van der Waals surface area contributed by atoms with Gasteiger partial charge in [0.05, 0.1) is 0 Å². The van der Waals surface area contributed by atoms with Gasteiger partial charge >= 0.3 is 6.03 Å². The van der Waals surface area contributed by atoms with Crippen molar-refractivity contribution in [1.82, 2.24) is 10.6 Å². The van der Waals surface area contributed by atoms with E-state index in [1.54, 1.807) is 0 Å². The van der Waals surface area contributed by atoms with Crippen molar-refractivity contribution in [1.29, 1.82) is 0 Å². The first kappa shape index (κ1) is 7.27. The fraction of sp³-hybridized carbons (Fsp3) is 0.800. The lowest BCUT2D eigenvalue weighted by Crippen LogP contribution is -2.20. The Morgan fingerprint density at radius 1 is 1.38 bits per heavy atom. The molecule has 1 aliphatic heterocycles. The lowest BCUT2D eigenvalue weighted by molar-refractivity contribution is 0.248. The highest BCUT2D eigenvalue weighted by Crippen LogP contribution is 1.69. The average molecular weight is 118 g/mol. The predicted octanol–water partition coefficient (Wildman–Crippen LogP) is 0.571. The van der Waals surface area contributed by atoms with Crippen molar-refractivity contribution in [2.24, 2.45) is 0 Å². The third kappa shape index (κ3) is 2.44. The summed E-state index contributed by atoms with van der Waals surface area (Å²) in [5, 5.41) is 5.14. The Hall–Kier alpha value is -0.730. The Morgan fingerprint density at radius 2 is 1.75 bits per heavy atom. The molecule has 0 aromatic heterocycles. The van der Waals surface area contributed by atoms with Gasteiger partial charge in [0.1, 0.15) is 0 Å². The van der Waals surface area contributed by atoms with Crippen LogP contribution in [0.3, 0.4) is 0 Å². The SMILES string of the molecule is CC.O=C1NCCN1.[HH]. The summed E-state index contributed by atoms with van der Waals surface area (Å²) in [4.78, 5) is 10.0. The maximum Gasteiger partial charge on any atom is 0.314 e. The molecule has 50 valence electrons. The molecule has 0 unspecified atom stereocenters. The van der Waals surface area contributed by atoms with Crippen molar-refractivity contribution in [2.75, 3.05) is 13.1 Å². The minimum absolute atomic E-state index is 0. The van der Waals surface area contributed by atoms with Crippen LogP contribution in [-0.2, 0) is 0 Å². The van der Waals surface area contributed by atoms with Crippen molar-refractivity contribution < 1.29 is 6.22 Å². The molecule has 3 heteroatoms. The van der Waals surface area contributed by atoms with Gasteiger partial charge < -0.3 is 10.6 Å². The van der Waals surface area contributed by atoms with E-state index in [2.05, 4.69) is 10.6 Å². The minimum atomic E-state index is -0.0463. The maximum atomic E-state index is 10.0. The number of rotatable bonds is 0. The van der Waals surface area contributed by atoms with Gasteiger partial charge in [0, 0.05) is 14.5 Å². The maximum absolute atomic E-state index is 10.0. The van der Waals surface area contributed by atoms with Gasteiger partial charge in [0.2, 0.25) is 0 Å². The van der Waals surface area contributed by atoms with Crippen LogP contribution in [0.2, 0.25) is 0 Å². The Balaban J connectivity index is 0. The van der Waals surface area contributed by atoms with Crippen molar-refractivity contribution >= 4 is 6.03 Å². The highest BCUT2D eigenvalue weighted by Gasteiger charge is 2.02. The quantitative estimate of drug-likeness (QED) is 0.479. The minimum Gasteiger partial charge on any atom is -0.336 e. The van der Waals surface area contributed by atoms with Crippen LogP contribution >= 0.6 is 0 Å². The Kier molecular flexibility index (Phi) is 4.03. The van der Waals surface area contributed by atoms with E-state index in [0.29, 0.717) is 0 Å². The Labute approximate surface area is 50.9 Å². The summed E-state index contributed by atoms with van der Waals surface area (Å²) in [5.41, 5.74) is 0. The van der Waals surface area contributed by atoms with Crippen LogP contribution in [0.25, 0.3) is 0 Å². The molecule has 2 amide bonds. The molecule has 0 radical (unpaired) electrons. The van der Waals surface area contributed by atoms with E-state index < -0.39 is 0 Å². The summed E-state index contributed by atoms with van der Waals surface area (Å²) < 4.78 is 0. The van der Waals surface area contributed by atoms with Crippen molar-refractivity contribution in [3.63, 3.8) is 0 Å². The van der Waals surface area contributed by atoms with Crippen LogP contribution in [0.1, 0.15) is 15.3 Å². The van der Waals surface area contributed by atoms with Crippen molar-refractivity contribution in [3.05, 3.63) is 0 Å². The molecule has 0 saturated carbocycles. The molecule has 0 bridgehead atoms. The summed E-state index contributed by atoms with van der Waals surface area (Å²) in [7, 11) is 0. The molecule has 0 spiro atoms. The molecule has 2 N–H and O–H groups in total. The summed E-state index contributed by atoms with van der Waals surface area (Å²) in [6.07, 6.45) is 0. The van der Waals surface area contributed by atoms with Gasteiger partial charge in [-0.05, 0) is 0 Å². The zero-order valence-corrected chi connectivity index (χ0v) is 5.32. The summed E-state index contributed by atoms with van der Waals surface area (Å²) >= 11 is 0. The highest BCUT2D eigenvalue weighted by molar-refractivity contribution is 5.75. The van der Waals surface area contributed by atoms with Crippen LogP contribution < -0.4 is 10.6 Å². The fourth-order valence-electron chi connectivity index (χ4n) is 0.415. The van der Waals surface area contributed by atoms with Gasteiger partial charge in [-0.2, -0.15) is 0 Å². The number of amides is 2. The van der Waals surface area contributed by atoms with Gasteiger partial charge in [0.15, 0.2) is 0 Å². The molecule has 1 rings (SSSR count). The van der Waals surface area contributed by atoms with Gasteiger partial charge in [0.25, 0.3) is 0 Å². The lowest BCUT2D eigenvalue weighted by atomic mass is 10.7. The second-order valence-electron chi connectivity index (χ2n) is 1.18. The van der Waals surface area contributed by atoms with Crippen molar-refractivity contribution in [3.8, 4) is 0 Å². The first-order valence-corrected chi connectivity index (χ1v) is 2.91. The first-order chi connectivity index (χ1) is 3.89. The van der Waals surface area contributed by atoms with Crippen LogP contribution in [-0.4, -0.2) is 19.1 Å². The van der Waals surface area contributed by atoms with Gasteiger partial charge in [-0.1, -0.05) is 13.8 Å². The number of urea groups is 1. The topological polar surface area (TPSA) is 41.1 Å². The standard InChI is InChI=1S/C3H6N2O.C2H6.H2/c6-3-4-1-2-5-3;1-2;/h1-2H2,(H2,4,5,6);1-2H3;1H. The molecular weight excluding hydrogens is 104 g/mol. The summed E-state index contributed by atoms with van der Waals surface area (Å²) in [5.74, 6) is 0. The average Bonchev–Trinajstić information content (AvgIpc) is 2.24. The monoisotopic (exact) mass is 118 g/mol. The molecule has 1 heterocycles. The van der Waals surface area contributed by atoms with Gasteiger partial charge in [-0.15, -0.1) is 0 Å². The van der Waals surface area contributed by atoms with E-state index in [1.165, 1.54) is 0 Å². The van der Waals surface area contributed by atoms with Crippen LogP contribution in [0.15, 0.2) is 0 Å². The summed E-state index contributed by atoms with van der Waals surface area (Å²) in [6.45, 7) is 5.55. The molecule has 1 fully saturated rings. The lowest BCUT2D eigenvalue weighted by Gasteiger charge is -1.80. The smallest absolute Gasteiger partial charge is 0.314 e. The third-order valence-electron chi connectivity index (χ3n) is 0.696. The molecule has 8 heavy (non-hydrogen) atoms. The molecular formula is C5H14N2O. The van der Waals surface area contributed by atoms with E-state index in [9.17, 15) is 4.79 Å². The number of nitrogens with one attached hydrogen (secondary N) is 2. The molecule has 0 aromatic carbocycles. The van der Waals surface area contributed by atoms with Crippen LogP contribution in [0, 0.1) is 0 Å². The molecule has 1 aliphatic rings. The fourth-order valence-corrected chi connectivity index (χ4v) is 0.415. The third-order valence-corrected chi connectivity index (χ3v) is 0.696. The molecule has 1 saturated heterocycles. The van der Waals surface area contributed by atoms with Gasteiger partial charge in [-0.25, -0.2) is 4.79 Å². The van der Waals surface area contributed by atoms with Crippen molar-refractivity contribution in [2.45, 2.75) is 13.8 Å². The predicted molar refractivity (Wildman–Crippen MR) is 34.9 cm³/mol. The molecule has 0 atom stereocenters.